The number of pyridine rings is 1. The molecule has 4 unspecified atom stereocenters. The topological polar surface area (TPSA) is 145 Å². The maximum atomic E-state index is 14.8. The van der Waals surface area contributed by atoms with Crippen LogP contribution >= 0.6 is 22.9 Å². The van der Waals surface area contributed by atoms with Crippen molar-refractivity contribution in [3.05, 3.63) is 58.4 Å². The zero-order valence-corrected chi connectivity index (χ0v) is 35.0. The maximum absolute atomic E-state index is 14.8. The highest BCUT2D eigenvalue weighted by molar-refractivity contribution is 7.09. The largest absolute Gasteiger partial charge is 0.495 e. The Morgan fingerprint density at radius 3 is 2.42 bits per heavy atom. The molecular weight excluding hydrogens is 766 g/mol. The Labute approximate surface area is 342 Å². The van der Waals surface area contributed by atoms with Crippen molar-refractivity contribution >= 4 is 57.5 Å². The van der Waals surface area contributed by atoms with Crippen LogP contribution < -0.4 is 9.47 Å². The molecule has 2 bridgehead atoms. The first-order chi connectivity index (χ1) is 27.0. The number of halogens is 1. The molecule has 2 aromatic heterocycles. The van der Waals surface area contributed by atoms with Crippen LogP contribution in [0.2, 0.25) is 5.02 Å². The summed E-state index contributed by atoms with van der Waals surface area (Å²) in [4.78, 5) is 66.4. The van der Waals surface area contributed by atoms with E-state index in [1.807, 2.05) is 32.2 Å². The molecule has 7 atom stereocenters. The summed E-state index contributed by atoms with van der Waals surface area (Å²) < 4.78 is 18.3. The number of rotatable bonds is 15. The number of Topliss-reactive ketones (excluding diaryl/α,β-unsaturated/α-hetero) is 1. The summed E-state index contributed by atoms with van der Waals surface area (Å²) in [6.07, 6.45) is 7.71. The molecule has 304 valence electrons. The van der Waals surface area contributed by atoms with Gasteiger partial charge < -0.3 is 24.2 Å². The number of hydrogen-bond acceptors (Lipinski definition) is 10. The van der Waals surface area contributed by atoms with E-state index in [1.54, 1.807) is 29.5 Å². The summed E-state index contributed by atoms with van der Waals surface area (Å²) in [5, 5.41) is 14.0. The van der Waals surface area contributed by atoms with Crippen molar-refractivity contribution in [2.75, 3.05) is 13.7 Å². The number of carbonyl (C=O) groups excluding carboxylic acids is 3. The highest BCUT2D eigenvalue weighted by Crippen LogP contribution is 2.57. The number of methoxy groups -OCH3 is 1. The van der Waals surface area contributed by atoms with Crippen LogP contribution in [-0.2, 0) is 30.3 Å². The van der Waals surface area contributed by atoms with Gasteiger partial charge >= 0.3 is 11.9 Å². The number of ether oxygens (including phenoxy) is 3. The normalized spacial score (nSPS) is 26.8. The molecule has 1 aliphatic heterocycles. The molecule has 1 amide bonds. The molecule has 3 heterocycles. The summed E-state index contributed by atoms with van der Waals surface area (Å²) in [6, 6.07) is 4.37. The van der Waals surface area contributed by atoms with Crippen LogP contribution in [0.1, 0.15) is 78.2 Å². The number of carboxylic acids is 1. The van der Waals surface area contributed by atoms with Gasteiger partial charge in [0.25, 0.3) is 0 Å². The average Bonchev–Trinajstić information content (AvgIpc) is 3.61. The number of allylic oxidation sites excluding steroid dienone is 1. The first kappa shape index (κ1) is 40.9. The lowest BCUT2D eigenvalue weighted by molar-refractivity contribution is -0.158. The number of hydrogen-bond donors (Lipinski definition) is 1. The van der Waals surface area contributed by atoms with Gasteiger partial charge in [0.2, 0.25) is 5.91 Å². The van der Waals surface area contributed by atoms with Crippen LogP contribution in [0.3, 0.4) is 0 Å². The van der Waals surface area contributed by atoms with Gasteiger partial charge in [-0.15, -0.1) is 17.9 Å². The van der Waals surface area contributed by atoms with Crippen molar-refractivity contribution in [3.63, 3.8) is 0 Å². The van der Waals surface area contributed by atoms with Gasteiger partial charge in [-0.3, -0.25) is 19.2 Å². The van der Waals surface area contributed by atoms with Crippen molar-refractivity contribution in [1.29, 1.82) is 0 Å². The molecular formula is C44H52ClN3O8S. The summed E-state index contributed by atoms with van der Waals surface area (Å²) in [5.74, 6) is -1.69. The van der Waals surface area contributed by atoms with Gasteiger partial charge in [0, 0.05) is 47.9 Å². The van der Waals surface area contributed by atoms with Crippen molar-refractivity contribution in [2.45, 2.75) is 97.8 Å². The molecule has 2 saturated carbocycles. The summed E-state index contributed by atoms with van der Waals surface area (Å²) in [5.41, 5.74) is -0.273. The van der Waals surface area contributed by atoms with E-state index in [-0.39, 0.29) is 61.4 Å². The Hall–Kier alpha value is -4.29. The summed E-state index contributed by atoms with van der Waals surface area (Å²) in [6.45, 7) is 13.8. The number of ketones is 1. The van der Waals surface area contributed by atoms with Crippen LogP contribution in [0.5, 0.6) is 11.5 Å². The number of amides is 1. The average molecular weight is 818 g/mol. The number of carboxylic acid groups (broad SMARTS) is 1. The van der Waals surface area contributed by atoms with Crippen molar-refractivity contribution in [2.24, 2.45) is 40.4 Å². The standard InChI is InChI=1S/C44H52ClN3O8S/c1-8-26-19-44(26,42(52)53)20-33(49)32-16-27(21-48(32)41(51)29(43(4,5)6)17-37(50)56-40-24-9-10-25(40)12-11-24)55-35-18-30(31-22-57-36(46-31)15-23(2)3)47-39-28(35)13-14-34(54-7)38(39)45/h8-10,13-14,18,22-27,29,32,40H,1,11-12,15-17,19-21H2,2-7H3,(H,52,53)/t24?,25?,26?,27?,29-,32+,40?,44-/m1/s1. The fourth-order valence-electron chi connectivity index (χ4n) is 8.91. The minimum atomic E-state index is -1.26. The molecule has 7 rings (SSSR count). The fraction of sp³-hybridized carbons (Fsp3) is 0.545. The molecule has 3 fully saturated rings. The van der Waals surface area contributed by atoms with Gasteiger partial charge in [0.05, 0.1) is 59.4 Å². The lowest BCUT2D eigenvalue weighted by Crippen LogP contribution is -2.48. The van der Waals surface area contributed by atoms with Crippen LogP contribution in [0.4, 0.5) is 0 Å². The van der Waals surface area contributed by atoms with Crippen molar-refractivity contribution < 1.29 is 38.5 Å². The lowest BCUT2D eigenvalue weighted by atomic mass is 9.77. The minimum Gasteiger partial charge on any atom is -0.495 e. The van der Waals surface area contributed by atoms with E-state index in [1.165, 1.54) is 12.0 Å². The van der Waals surface area contributed by atoms with Crippen LogP contribution in [0.15, 0.2) is 48.4 Å². The second-order valence-electron chi connectivity index (χ2n) is 17.7. The molecule has 0 radical (unpaired) electrons. The monoisotopic (exact) mass is 817 g/mol. The van der Waals surface area contributed by atoms with E-state index >= 15 is 0 Å². The predicted octanol–water partition coefficient (Wildman–Crippen LogP) is 8.36. The third kappa shape index (κ3) is 8.09. The second-order valence-corrected chi connectivity index (χ2v) is 19.0. The van der Waals surface area contributed by atoms with Crippen molar-refractivity contribution in [3.8, 4) is 22.9 Å². The summed E-state index contributed by atoms with van der Waals surface area (Å²) in [7, 11) is 1.53. The molecule has 57 heavy (non-hydrogen) atoms. The number of aliphatic carboxylic acids is 1. The second kappa shape index (κ2) is 15.8. The fourth-order valence-corrected chi connectivity index (χ4v) is 10.2. The molecule has 3 aromatic rings. The van der Waals surface area contributed by atoms with Gasteiger partial charge in [-0.1, -0.05) is 64.4 Å². The third-order valence-corrected chi connectivity index (χ3v) is 13.5. The SMILES string of the molecule is C=CC1C[C@]1(CC(=O)[C@@H]1CC(Oc2cc(-c3csc(CC(C)C)n3)nc3c(Cl)c(OC)ccc23)CN1C(=O)[C@@H](CC(=O)OC1C2C=CC1CC2)C(C)(C)C)C(=O)O. The number of carbonyl (C=O) groups is 4. The van der Waals surface area contributed by atoms with Gasteiger partial charge in [-0.25, -0.2) is 9.97 Å². The smallest absolute Gasteiger partial charge is 0.310 e. The van der Waals surface area contributed by atoms with Gasteiger partial charge in [0.15, 0.2) is 5.78 Å². The highest BCUT2D eigenvalue weighted by Gasteiger charge is 2.61. The lowest BCUT2D eigenvalue weighted by Gasteiger charge is -2.35. The zero-order chi connectivity index (χ0) is 41.0. The number of esters is 1. The molecule has 4 aliphatic rings. The Morgan fingerprint density at radius 2 is 1.82 bits per heavy atom. The van der Waals surface area contributed by atoms with E-state index in [0.717, 1.165) is 24.3 Å². The molecule has 11 nitrogen and oxygen atoms in total. The molecule has 13 heteroatoms. The van der Waals surface area contributed by atoms with E-state index in [9.17, 15) is 24.3 Å². The first-order valence-electron chi connectivity index (χ1n) is 19.9. The Kier molecular flexibility index (Phi) is 11.3. The molecule has 3 aliphatic carbocycles. The Bertz CT molecular complexity index is 2110. The highest BCUT2D eigenvalue weighted by atomic mass is 35.5. The molecule has 1 saturated heterocycles. The van der Waals surface area contributed by atoms with Gasteiger partial charge in [-0.05, 0) is 48.6 Å². The number of benzene rings is 1. The molecule has 1 aromatic carbocycles. The Balaban J connectivity index is 1.21. The summed E-state index contributed by atoms with van der Waals surface area (Å²) >= 11 is 8.40. The maximum Gasteiger partial charge on any atom is 0.310 e. The number of aromatic nitrogens is 2. The van der Waals surface area contributed by atoms with Crippen molar-refractivity contribution in [1.82, 2.24) is 14.9 Å². The number of likely N-dealkylation sites (tertiary alicyclic amines) is 1. The number of nitrogens with zero attached hydrogens (tertiary/aromatic N) is 3. The van der Waals surface area contributed by atoms with E-state index < -0.39 is 40.8 Å². The number of fused-ring (bicyclic) bond motifs is 3. The number of thiazole rings is 1. The van der Waals surface area contributed by atoms with E-state index in [2.05, 4.69) is 32.6 Å². The predicted molar refractivity (Wildman–Crippen MR) is 218 cm³/mol. The van der Waals surface area contributed by atoms with Gasteiger partial charge in [-0.2, -0.15) is 0 Å². The first-order valence-corrected chi connectivity index (χ1v) is 21.1. The zero-order valence-electron chi connectivity index (χ0n) is 33.5. The van der Waals surface area contributed by atoms with E-state index in [4.69, 9.17) is 35.8 Å². The third-order valence-electron chi connectivity index (χ3n) is 12.3. The van der Waals surface area contributed by atoms with Crippen LogP contribution in [0.25, 0.3) is 22.3 Å². The molecule has 0 spiro atoms. The Morgan fingerprint density at radius 1 is 1.11 bits per heavy atom. The van der Waals surface area contributed by atoms with Crippen LogP contribution in [-0.4, -0.2) is 75.5 Å². The van der Waals surface area contributed by atoms with Gasteiger partial charge in [0.1, 0.15) is 28.7 Å². The van der Waals surface area contributed by atoms with E-state index in [0.29, 0.717) is 51.2 Å². The minimum absolute atomic E-state index is 0.0385. The van der Waals surface area contributed by atoms with Crippen LogP contribution in [0, 0.1) is 40.4 Å². The molecule has 1 N–H and O–H groups in total. The quantitative estimate of drug-likeness (QED) is 0.117.